The highest BCUT2D eigenvalue weighted by Gasteiger charge is 2.25. The van der Waals surface area contributed by atoms with Crippen LogP contribution in [0.5, 0.6) is 0 Å². The lowest BCUT2D eigenvalue weighted by Gasteiger charge is -2.10. The molecule has 8 nitrogen and oxygen atoms in total. The van der Waals surface area contributed by atoms with Crippen molar-refractivity contribution in [2.75, 3.05) is 6.54 Å². The molecule has 3 aromatic rings. The van der Waals surface area contributed by atoms with Crippen molar-refractivity contribution in [1.29, 1.82) is 0 Å². The van der Waals surface area contributed by atoms with Crippen molar-refractivity contribution in [3.63, 3.8) is 0 Å². The van der Waals surface area contributed by atoms with E-state index in [1.807, 2.05) is 31.2 Å². The van der Waals surface area contributed by atoms with Gasteiger partial charge < -0.3 is 5.32 Å². The molecule has 30 heavy (non-hydrogen) atoms. The van der Waals surface area contributed by atoms with Crippen molar-refractivity contribution >= 4 is 5.91 Å². The normalized spacial score (nSPS) is 13.2. The van der Waals surface area contributed by atoms with Gasteiger partial charge in [0.1, 0.15) is 6.54 Å². The quantitative estimate of drug-likeness (QED) is 0.642. The zero-order valence-electron chi connectivity index (χ0n) is 16.7. The number of nitrogens with one attached hydrogen (secondary N) is 1. The third-order valence-electron chi connectivity index (χ3n) is 5.04. The Morgan fingerprint density at radius 2 is 1.67 bits per heavy atom. The molecule has 8 heteroatoms. The van der Waals surface area contributed by atoms with E-state index in [9.17, 15) is 14.4 Å². The number of hydrogen-bond donors (Lipinski definition) is 1. The molecule has 0 radical (unpaired) electrons. The second-order valence-corrected chi connectivity index (χ2v) is 7.52. The van der Waals surface area contributed by atoms with E-state index in [4.69, 9.17) is 0 Å². The highest BCUT2D eigenvalue weighted by Crippen LogP contribution is 2.38. The van der Waals surface area contributed by atoms with E-state index in [1.54, 1.807) is 12.1 Å². The Morgan fingerprint density at radius 1 is 0.967 bits per heavy atom. The maximum atomic E-state index is 12.3. The lowest BCUT2D eigenvalue weighted by atomic mass is 10.1. The Balaban J connectivity index is 1.38. The van der Waals surface area contributed by atoms with Gasteiger partial charge in [-0.1, -0.05) is 29.8 Å². The van der Waals surface area contributed by atoms with Crippen molar-refractivity contribution in [3.8, 4) is 11.3 Å². The van der Waals surface area contributed by atoms with E-state index in [2.05, 4.69) is 15.5 Å². The molecule has 0 saturated heterocycles. The summed E-state index contributed by atoms with van der Waals surface area (Å²) in [7, 11) is 0. The minimum absolute atomic E-state index is 0.191. The van der Waals surface area contributed by atoms with E-state index >= 15 is 0 Å². The third kappa shape index (κ3) is 4.71. The maximum Gasteiger partial charge on any atom is 0.267 e. The van der Waals surface area contributed by atoms with Gasteiger partial charge in [0.25, 0.3) is 11.1 Å². The molecule has 1 saturated carbocycles. The minimum Gasteiger partial charge on any atom is -0.353 e. The average molecular weight is 405 g/mol. The molecular weight excluding hydrogens is 382 g/mol. The number of benzene rings is 1. The number of hydrogen-bond acceptors (Lipinski definition) is 5. The SMILES string of the molecule is Cc1ccc(-c2ccc(=O)n(CC(=O)NCCn3nc(C4CC4)ccc3=O)n2)cc1. The van der Waals surface area contributed by atoms with Crippen molar-refractivity contribution < 1.29 is 4.79 Å². The van der Waals surface area contributed by atoms with Crippen molar-refractivity contribution in [2.45, 2.75) is 38.8 Å². The fraction of sp³-hybridized carbons (Fsp3) is 0.318. The first-order chi connectivity index (χ1) is 14.5. The van der Waals surface area contributed by atoms with E-state index in [-0.39, 0.29) is 36.7 Å². The van der Waals surface area contributed by atoms with Crippen LogP contribution < -0.4 is 16.4 Å². The van der Waals surface area contributed by atoms with Gasteiger partial charge in [0.15, 0.2) is 0 Å². The first-order valence-corrected chi connectivity index (χ1v) is 9.99. The second kappa shape index (κ2) is 8.44. The summed E-state index contributed by atoms with van der Waals surface area (Å²) in [6.07, 6.45) is 2.21. The largest absolute Gasteiger partial charge is 0.353 e. The molecule has 4 rings (SSSR count). The standard InChI is InChI=1S/C22H23N5O3/c1-15-2-4-16(5-3-15)19-9-11-22(30)27(25-19)14-20(28)23-12-13-26-21(29)10-8-18(24-26)17-6-7-17/h2-5,8-11,17H,6-7,12-14H2,1H3,(H,23,28). The van der Waals surface area contributed by atoms with Crippen LogP contribution in [-0.2, 0) is 17.9 Å². The number of carbonyl (C=O) groups excluding carboxylic acids is 1. The Hall–Kier alpha value is -3.55. The number of carbonyl (C=O) groups is 1. The molecule has 2 aromatic heterocycles. The van der Waals surface area contributed by atoms with Gasteiger partial charge in [-0.15, -0.1) is 0 Å². The van der Waals surface area contributed by atoms with Crippen LogP contribution >= 0.6 is 0 Å². The number of amides is 1. The predicted molar refractivity (Wildman–Crippen MR) is 112 cm³/mol. The number of rotatable bonds is 7. The van der Waals surface area contributed by atoms with Gasteiger partial charge in [0.2, 0.25) is 5.91 Å². The van der Waals surface area contributed by atoms with E-state index in [0.717, 1.165) is 34.3 Å². The molecule has 0 aliphatic heterocycles. The molecule has 1 aliphatic rings. The highest BCUT2D eigenvalue weighted by atomic mass is 16.2. The fourth-order valence-electron chi connectivity index (χ4n) is 3.16. The molecule has 1 aliphatic carbocycles. The van der Waals surface area contributed by atoms with E-state index in [1.165, 1.54) is 16.8 Å². The van der Waals surface area contributed by atoms with Gasteiger partial charge in [0, 0.05) is 30.2 Å². The predicted octanol–water partition coefficient (Wildman–Crippen LogP) is 1.47. The molecule has 0 atom stereocenters. The molecule has 1 aromatic carbocycles. The molecule has 1 N–H and O–H groups in total. The van der Waals surface area contributed by atoms with Crippen LogP contribution in [0.4, 0.5) is 0 Å². The highest BCUT2D eigenvalue weighted by molar-refractivity contribution is 5.75. The first kappa shape index (κ1) is 19.8. The summed E-state index contributed by atoms with van der Waals surface area (Å²) in [5.41, 5.74) is 2.99. The lowest BCUT2D eigenvalue weighted by Crippen LogP contribution is -2.36. The lowest BCUT2D eigenvalue weighted by molar-refractivity contribution is -0.121. The van der Waals surface area contributed by atoms with Crippen LogP contribution in [0.1, 0.15) is 30.0 Å². The molecule has 1 amide bonds. The molecule has 154 valence electrons. The van der Waals surface area contributed by atoms with Crippen molar-refractivity contribution in [3.05, 3.63) is 80.5 Å². The Kier molecular flexibility index (Phi) is 5.56. The fourth-order valence-corrected chi connectivity index (χ4v) is 3.16. The summed E-state index contributed by atoms with van der Waals surface area (Å²) in [5.74, 6) is 0.0993. The zero-order chi connectivity index (χ0) is 21.1. The first-order valence-electron chi connectivity index (χ1n) is 9.99. The summed E-state index contributed by atoms with van der Waals surface area (Å²) in [5, 5.41) is 11.4. The van der Waals surface area contributed by atoms with E-state index < -0.39 is 0 Å². The van der Waals surface area contributed by atoms with Crippen LogP contribution in [-0.4, -0.2) is 32.0 Å². The summed E-state index contributed by atoms with van der Waals surface area (Å²) in [4.78, 5) is 36.4. The van der Waals surface area contributed by atoms with Crippen LogP contribution in [0.3, 0.4) is 0 Å². The van der Waals surface area contributed by atoms with Gasteiger partial charge >= 0.3 is 0 Å². The van der Waals surface area contributed by atoms with Crippen LogP contribution in [0.25, 0.3) is 11.3 Å². The van der Waals surface area contributed by atoms with E-state index in [0.29, 0.717) is 11.6 Å². The number of aryl methyl sites for hydroxylation is 1. The van der Waals surface area contributed by atoms with Gasteiger partial charge in [-0.2, -0.15) is 10.2 Å². The Labute approximate surface area is 173 Å². The Bertz CT molecular complexity index is 1180. The molecule has 0 spiro atoms. The molecule has 0 unspecified atom stereocenters. The topological polar surface area (TPSA) is 98.9 Å². The number of nitrogens with zero attached hydrogens (tertiary/aromatic N) is 4. The molecular formula is C22H23N5O3. The Morgan fingerprint density at radius 3 is 2.40 bits per heavy atom. The van der Waals surface area contributed by atoms with Gasteiger partial charge in [0.05, 0.1) is 17.9 Å². The maximum absolute atomic E-state index is 12.3. The molecule has 0 bridgehead atoms. The van der Waals surface area contributed by atoms with Crippen molar-refractivity contribution in [2.24, 2.45) is 0 Å². The summed E-state index contributed by atoms with van der Waals surface area (Å²) >= 11 is 0. The summed E-state index contributed by atoms with van der Waals surface area (Å²) < 4.78 is 2.51. The smallest absolute Gasteiger partial charge is 0.267 e. The second-order valence-electron chi connectivity index (χ2n) is 7.52. The monoisotopic (exact) mass is 405 g/mol. The molecule has 2 heterocycles. The van der Waals surface area contributed by atoms with Gasteiger partial charge in [-0.3, -0.25) is 14.4 Å². The summed E-state index contributed by atoms with van der Waals surface area (Å²) in [6, 6.07) is 14.1. The van der Waals surface area contributed by atoms with Crippen LogP contribution in [0.15, 0.2) is 58.1 Å². The van der Waals surface area contributed by atoms with Crippen LogP contribution in [0, 0.1) is 6.92 Å². The third-order valence-corrected chi connectivity index (χ3v) is 5.04. The van der Waals surface area contributed by atoms with Gasteiger partial charge in [-0.05, 0) is 31.9 Å². The van der Waals surface area contributed by atoms with Gasteiger partial charge in [-0.25, -0.2) is 9.36 Å². The van der Waals surface area contributed by atoms with Crippen molar-refractivity contribution in [1.82, 2.24) is 24.9 Å². The minimum atomic E-state index is -0.351. The molecule has 1 fully saturated rings. The van der Waals surface area contributed by atoms with Crippen LogP contribution in [0.2, 0.25) is 0 Å². The summed E-state index contributed by atoms with van der Waals surface area (Å²) in [6.45, 7) is 2.32. The average Bonchev–Trinajstić information content (AvgIpc) is 3.57. The number of aromatic nitrogens is 4. The zero-order valence-corrected chi connectivity index (χ0v) is 16.7.